The number of halogens is 1. The zero-order valence-corrected chi connectivity index (χ0v) is 26.0. The molecule has 0 bridgehead atoms. The van der Waals surface area contributed by atoms with E-state index in [0.717, 1.165) is 51.2 Å². The first kappa shape index (κ1) is 29.0. The molecule has 0 radical (unpaired) electrons. The van der Waals surface area contributed by atoms with Crippen molar-refractivity contribution in [2.45, 2.75) is 67.8 Å². The van der Waals surface area contributed by atoms with Crippen LogP contribution in [-0.2, 0) is 17.6 Å². The molecule has 2 atom stereocenters. The number of rotatable bonds is 9. The molecular weight excluding hydrogens is 592 g/mol. The molecule has 11 heteroatoms. The summed E-state index contributed by atoms with van der Waals surface area (Å²) in [6.45, 7) is 0. The summed E-state index contributed by atoms with van der Waals surface area (Å²) in [6.07, 6.45) is 8.86. The molecule has 6 rings (SSSR count). The van der Waals surface area contributed by atoms with Crippen LogP contribution in [-0.4, -0.2) is 45.0 Å². The number of carbonyl (C=O) groups is 1. The van der Waals surface area contributed by atoms with Gasteiger partial charge in [0.25, 0.3) is 0 Å². The van der Waals surface area contributed by atoms with Crippen molar-refractivity contribution in [3.05, 3.63) is 80.3 Å². The number of thioether (sulfide) groups is 1. The molecule has 1 fully saturated rings. The third-order valence-corrected chi connectivity index (χ3v) is 10.8. The van der Waals surface area contributed by atoms with Crippen LogP contribution >= 0.6 is 34.7 Å². The first-order chi connectivity index (χ1) is 20.5. The smallest absolute Gasteiger partial charge is 0.303 e. The van der Waals surface area contributed by atoms with E-state index >= 15 is 0 Å². The lowest BCUT2D eigenvalue weighted by atomic mass is 9.88. The van der Waals surface area contributed by atoms with E-state index in [2.05, 4.69) is 22.8 Å². The number of methoxy groups -OCH3 is 2. The number of hydrogen-bond donors (Lipinski definition) is 1. The molecule has 1 aliphatic heterocycles. The van der Waals surface area contributed by atoms with Crippen LogP contribution in [0.15, 0.2) is 42.6 Å². The number of aryl methyl sites for hydroxylation is 1. The van der Waals surface area contributed by atoms with Crippen molar-refractivity contribution in [3.63, 3.8) is 0 Å². The van der Waals surface area contributed by atoms with E-state index in [1.807, 2.05) is 18.2 Å². The van der Waals surface area contributed by atoms with Crippen molar-refractivity contribution in [1.29, 1.82) is 0 Å². The van der Waals surface area contributed by atoms with Crippen LogP contribution in [0.3, 0.4) is 0 Å². The number of thiazole rings is 1. The average molecular weight is 625 g/mol. The van der Waals surface area contributed by atoms with Crippen LogP contribution in [0.1, 0.15) is 87.6 Å². The minimum atomic E-state index is -0.806. The van der Waals surface area contributed by atoms with Gasteiger partial charge in [0.2, 0.25) is 0 Å². The zero-order chi connectivity index (χ0) is 29.2. The highest BCUT2D eigenvalue weighted by Gasteiger charge is 2.37. The van der Waals surface area contributed by atoms with Crippen LogP contribution in [0.4, 0.5) is 0 Å². The fraction of sp³-hybridized carbons (Fsp3) is 0.419. The van der Waals surface area contributed by atoms with Gasteiger partial charge in [-0.05, 0) is 49.1 Å². The lowest BCUT2D eigenvalue weighted by Gasteiger charge is -2.24. The van der Waals surface area contributed by atoms with Gasteiger partial charge in [-0.3, -0.25) is 9.36 Å². The van der Waals surface area contributed by atoms with E-state index in [-0.39, 0.29) is 16.9 Å². The molecule has 1 N–H and O–H groups in total. The van der Waals surface area contributed by atoms with E-state index in [9.17, 15) is 4.79 Å². The molecule has 2 aliphatic rings. The molecule has 0 saturated heterocycles. The highest BCUT2D eigenvalue weighted by Crippen LogP contribution is 2.54. The van der Waals surface area contributed by atoms with Gasteiger partial charge in [0, 0.05) is 34.0 Å². The molecule has 42 heavy (non-hydrogen) atoms. The summed E-state index contributed by atoms with van der Waals surface area (Å²) >= 11 is 10.0. The Balaban J connectivity index is 1.49. The summed E-state index contributed by atoms with van der Waals surface area (Å²) in [4.78, 5) is 16.8. The average Bonchev–Trinajstić information content (AvgIpc) is 3.62. The highest BCUT2D eigenvalue weighted by atomic mass is 35.5. The fourth-order valence-electron chi connectivity index (χ4n) is 6.07. The first-order valence-corrected chi connectivity index (χ1v) is 16.4. The van der Waals surface area contributed by atoms with Gasteiger partial charge in [-0.2, -0.15) is 0 Å². The maximum absolute atomic E-state index is 11.1. The largest absolute Gasteiger partial charge is 0.493 e. The van der Waals surface area contributed by atoms with Crippen LogP contribution in [0.2, 0.25) is 5.02 Å². The molecule has 1 aliphatic carbocycles. The van der Waals surface area contributed by atoms with Gasteiger partial charge in [0.15, 0.2) is 17.3 Å². The van der Waals surface area contributed by atoms with Gasteiger partial charge in [0.05, 0.1) is 41.8 Å². The van der Waals surface area contributed by atoms with Crippen molar-refractivity contribution in [1.82, 2.24) is 19.7 Å². The van der Waals surface area contributed by atoms with E-state index in [1.165, 1.54) is 19.3 Å². The number of benzene rings is 2. The minimum Gasteiger partial charge on any atom is -0.493 e. The van der Waals surface area contributed by atoms with Crippen molar-refractivity contribution in [2.24, 2.45) is 0 Å². The van der Waals surface area contributed by atoms with Gasteiger partial charge in [0.1, 0.15) is 5.82 Å². The van der Waals surface area contributed by atoms with E-state index in [1.54, 1.807) is 43.5 Å². The molecule has 3 heterocycles. The van der Waals surface area contributed by atoms with Crippen molar-refractivity contribution in [3.8, 4) is 17.2 Å². The van der Waals surface area contributed by atoms with Crippen LogP contribution in [0, 0.1) is 0 Å². The molecule has 0 spiro atoms. The molecule has 0 amide bonds. The van der Waals surface area contributed by atoms with Crippen molar-refractivity contribution >= 4 is 40.7 Å². The molecule has 1 saturated carbocycles. The predicted molar refractivity (Wildman–Crippen MR) is 166 cm³/mol. The number of carboxylic acids is 1. The Kier molecular flexibility index (Phi) is 8.74. The summed E-state index contributed by atoms with van der Waals surface area (Å²) in [5, 5.41) is 20.2. The molecule has 220 valence electrons. The number of aliphatic carboxylic acids is 1. The van der Waals surface area contributed by atoms with Crippen molar-refractivity contribution in [2.75, 3.05) is 14.2 Å². The normalized spacial score (nSPS) is 18.6. The number of para-hydroxylation sites is 1. The SMILES string of the molecule is COc1cccc([C@H]2S[C@H](Cc3ncc(CCC(=O)O)s3)c3nnc(C4CCCCC4)n3-c3ccc(Cl)cc32)c1OC. The number of hydrogen-bond acceptors (Lipinski definition) is 8. The highest BCUT2D eigenvalue weighted by molar-refractivity contribution is 8.00. The standard InChI is InChI=1S/C31H33ClN4O4S2/c1-39-24-10-6-9-21(28(24)40-2)29-22-15-19(32)11-13-23(22)36-30(18-7-4-3-5-8-18)34-35-31(36)25(42-29)16-26-33-17-20(41-26)12-14-27(37)38/h6,9-11,13,15,17-18,25,29H,3-5,7-8,12,14,16H2,1-2H3,(H,37,38)/t25-,29-/m1/s1. The Morgan fingerprint density at radius 2 is 1.88 bits per heavy atom. The number of carboxylic acid groups (broad SMARTS) is 1. The van der Waals surface area contributed by atoms with E-state index in [4.69, 9.17) is 41.4 Å². The summed E-state index contributed by atoms with van der Waals surface area (Å²) in [6, 6.07) is 12.1. The molecule has 4 aromatic rings. The van der Waals surface area contributed by atoms with Crippen LogP contribution < -0.4 is 9.47 Å². The third kappa shape index (κ3) is 5.76. The van der Waals surface area contributed by atoms with Gasteiger partial charge in [-0.25, -0.2) is 4.98 Å². The number of fused-ring (bicyclic) bond motifs is 3. The molecular formula is C31H33ClN4O4S2. The number of nitrogens with zero attached hydrogens (tertiary/aromatic N) is 4. The van der Waals surface area contributed by atoms with Crippen LogP contribution in [0.25, 0.3) is 5.69 Å². The lowest BCUT2D eigenvalue weighted by molar-refractivity contribution is -0.136. The van der Waals surface area contributed by atoms with Gasteiger partial charge in [-0.1, -0.05) is 43.0 Å². The second kappa shape index (κ2) is 12.7. The Hall–Kier alpha value is -3.08. The predicted octanol–water partition coefficient (Wildman–Crippen LogP) is 7.58. The second-order valence-electron chi connectivity index (χ2n) is 10.7. The Labute approximate surface area is 258 Å². The minimum absolute atomic E-state index is 0.0830. The quantitative estimate of drug-likeness (QED) is 0.203. The van der Waals surface area contributed by atoms with E-state index < -0.39 is 5.97 Å². The van der Waals surface area contributed by atoms with Gasteiger partial charge < -0.3 is 14.6 Å². The lowest BCUT2D eigenvalue weighted by Crippen LogP contribution is -2.14. The summed E-state index contributed by atoms with van der Waals surface area (Å²) in [5.74, 6) is 2.82. The second-order valence-corrected chi connectivity index (χ2v) is 13.6. The van der Waals surface area contributed by atoms with Crippen molar-refractivity contribution < 1.29 is 19.4 Å². The molecule has 0 unspecified atom stereocenters. The van der Waals surface area contributed by atoms with Gasteiger partial charge in [-0.15, -0.1) is 33.3 Å². The molecule has 2 aromatic carbocycles. The first-order valence-electron chi connectivity index (χ1n) is 14.2. The zero-order valence-electron chi connectivity index (χ0n) is 23.6. The molecule has 8 nitrogen and oxygen atoms in total. The maximum atomic E-state index is 11.1. The fourth-order valence-corrected chi connectivity index (χ4v) is 8.85. The number of aromatic nitrogens is 4. The summed E-state index contributed by atoms with van der Waals surface area (Å²) < 4.78 is 13.9. The summed E-state index contributed by atoms with van der Waals surface area (Å²) in [5.41, 5.74) is 3.10. The molecule has 2 aromatic heterocycles. The Morgan fingerprint density at radius 3 is 2.64 bits per heavy atom. The van der Waals surface area contributed by atoms with Crippen LogP contribution in [0.5, 0.6) is 11.5 Å². The third-order valence-electron chi connectivity index (χ3n) is 8.05. The summed E-state index contributed by atoms with van der Waals surface area (Å²) in [7, 11) is 3.32. The Bertz CT molecular complexity index is 1580. The monoisotopic (exact) mass is 624 g/mol. The topological polar surface area (TPSA) is 99.4 Å². The Morgan fingerprint density at radius 1 is 1.07 bits per heavy atom. The maximum Gasteiger partial charge on any atom is 0.303 e. The number of ether oxygens (including phenoxy) is 2. The van der Waals surface area contributed by atoms with Gasteiger partial charge >= 0.3 is 5.97 Å². The van der Waals surface area contributed by atoms with E-state index in [0.29, 0.717) is 35.3 Å².